The molecule has 2 aromatic carbocycles. The van der Waals surface area contributed by atoms with Gasteiger partial charge in [-0.3, -0.25) is 0 Å². The van der Waals surface area contributed by atoms with Gasteiger partial charge in [0.15, 0.2) is 0 Å². The third-order valence-corrected chi connectivity index (χ3v) is 2.62. The maximum absolute atomic E-state index is 11.0. The number of benzene rings is 2. The molecular weight excluding hydrogens is 228 g/mol. The lowest BCUT2D eigenvalue weighted by molar-refractivity contribution is 0.0699. The first kappa shape index (κ1) is 10.8. The number of halogens is 1. The van der Waals surface area contributed by atoms with E-state index in [4.69, 9.17) is 21.4 Å². The molecule has 3 nitrogen and oxygen atoms in total. The summed E-state index contributed by atoms with van der Waals surface area (Å²) >= 11 is 5.86. The molecular formula is C12H9ClO3. The Morgan fingerprint density at radius 1 is 1.25 bits per heavy atom. The Labute approximate surface area is 97.2 Å². The molecule has 0 aliphatic carbocycles. The molecule has 0 aliphatic heterocycles. The van der Waals surface area contributed by atoms with Crippen molar-refractivity contribution >= 4 is 28.3 Å². The van der Waals surface area contributed by atoms with Crippen LogP contribution in [0.5, 0.6) is 5.75 Å². The largest absolute Gasteiger partial charge is 0.496 e. The van der Waals surface area contributed by atoms with Crippen molar-refractivity contribution in [3.8, 4) is 5.75 Å². The quantitative estimate of drug-likeness (QED) is 0.871. The Hall–Kier alpha value is -1.74. The molecule has 0 spiro atoms. The molecule has 4 heteroatoms. The van der Waals surface area contributed by atoms with E-state index in [0.29, 0.717) is 16.2 Å². The van der Waals surface area contributed by atoms with E-state index in [1.54, 1.807) is 31.4 Å². The van der Waals surface area contributed by atoms with Crippen LogP contribution in [0.3, 0.4) is 0 Å². The lowest BCUT2D eigenvalue weighted by Crippen LogP contribution is -1.98. The molecule has 0 amide bonds. The molecule has 16 heavy (non-hydrogen) atoms. The Morgan fingerprint density at radius 2 is 2.00 bits per heavy atom. The van der Waals surface area contributed by atoms with Crippen LogP contribution in [0.4, 0.5) is 0 Å². The number of carboxylic acid groups (broad SMARTS) is 1. The van der Waals surface area contributed by atoms with Crippen LogP contribution in [0, 0.1) is 0 Å². The third kappa shape index (κ3) is 1.70. The second-order valence-electron chi connectivity index (χ2n) is 3.31. The highest BCUT2D eigenvalue weighted by atomic mass is 35.5. The van der Waals surface area contributed by atoms with E-state index in [-0.39, 0.29) is 5.56 Å². The number of methoxy groups -OCH3 is 1. The van der Waals surface area contributed by atoms with Gasteiger partial charge in [-0.25, -0.2) is 4.79 Å². The number of fused-ring (bicyclic) bond motifs is 1. The Kier molecular flexibility index (Phi) is 2.71. The number of hydrogen-bond acceptors (Lipinski definition) is 2. The fraction of sp³-hybridized carbons (Fsp3) is 0.0833. The highest BCUT2D eigenvalue weighted by Gasteiger charge is 2.11. The monoisotopic (exact) mass is 236 g/mol. The van der Waals surface area contributed by atoms with E-state index in [0.717, 1.165) is 5.39 Å². The summed E-state index contributed by atoms with van der Waals surface area (Å²) in [7, 11) is 1.55. The predicted molar refractivity (Wildman–Crippen MR) is 62.5 cm³/mol. The maximum atomic E-state index is 11.0. The summed E-state index contributed by atoms with van der Waals surface area (Å²) in [6.45, 7) is 0. The molecule has 0 saturated heterocycles. The van der Waals surface area contributed by atoms with Crippen LogP contribution in [-0.2, 0) is 0 Å². The van der Waals surface area contributed by atoms with E-state index in [9.17, 15) is 4.79 Å². The third-order valence-electron chi connectivity index (χ3n) is 2.39. The number of aromatic carboxylic acids is 1. The van der Waals surface area contributed by atoms with Crippen LogP contribution in [0.2, 0.25) is 5.02 Å². The topological polar surface area (TPSA) is 46.5 Å². The average Bonchev–Trinajstić information content (AvgIpc) is 2.26. The molecule has 0 atom stereocenters. The first-order chi connectivity index (χ1) is 7.63. The van der Waals surface area contributed by atoms with Gasteiger partial charge in [0.2, 0.25) is 0 Å². The lowest BCUT2D eigenvalue weighted by Gasteiger charge is -2.08. The first-order valence-corrected chi connectivity index (χ1v) is 5.01. The van der Waals surface area contributed by atoms with Crippen molar-refractivity contribution in [1.82, 2.24) is 0 Å². The summed E-state index contributed by atoms with van der Waals surface area (Å²) in [6, 6.07) is 8.24. The van der Waals surface area contributed by atoms with Gasteiger partial charge in [-0.1, -0.05) is 11.6 Å². The van der Waals surface area contributed by atoms with Crippen LogP contribution in [-0.4, -0.2) is 18.2 Å². The number of rotatable bonds is 2. The zero-order chi connectivity index (χ0) is 11.7. The smallest absolute Gasteiger partial charge is 0.336 e. The molecule has 0 saturated carbocycles. The van der Waals surface area contributed by atoms with E-state index in [1.165, 1.54) is 6.07 Å². The molecule has 2 rings (SSSR count). The van der Waals surface area contributed by atoms with Crippen molar-refractivity contribution in [1.29, 1.82) is 0 Å². The highest BCUT2D eigenvalue weighted by molar-refractivity contribution is 6.31. The van der Waals surface area contributed by atoms with E-state index >= 15 is 0 Å². The van der Waals surface area contributed by atoms with Crippen molar-refractivity contribution in [2.24, 2.45) is 0 Å². The summed E-state index contributed by atoms with van der Waals surface area (Å²) in [4.78, 5) is 11.0. The number of carbonyl (C=O) groups is 1. The summed E-state index contributed by atoms with van der Waals surface area (Å²) in [6.07, 6.45) is 0. The Bertz CT molecular complexity index is 563. The van der Waals surface area contributed by atoms with Gasteiger partial charge in [0.25, 0.3) is 0 Å². The zero-order valence-corrected chi connectivity index (χ0v) is 9.28. The van der Waals surface area contributed by atoms with Gasteiger partial charge < -0.3 is 9.84 Å². The minimum atomic E-state index is -0.977. The molecule has 0 fully saturated rings. The summed E-state index contributed by atoms with van der Waals surface area (Å²) in [5, 5.41) is 10.9. The van der Waals surface area contributed by atoms with Crippen LogP contribution >= 0.6 is 11.6 Å². The molecule has 0 heterocycles. The van der Waals surface area contributed by atoms with Gasteiger partial charge in [-0.15, -0.1) is 0 Å². The minimum absolute atomic E-state index is 0.221. The molecule has 0 aromatic heterocycles. The highest BCUT2D eigenvalue weighted by Crippen LogP contribution is 2.30. The predicted octanol–water partition coefficient (Wildman–Crippen LogP) is 3.20. The molecule has 0 radical (unpaired) electrons. The van der Waals surface area contributed by atoms with Gasteiger partial charge in [0.1, 0.15) is 5.75 Å². The van der Waals surface area contributed by atoms with Crippen molar-refractivity contribution in [3.05, 3.63) is 40.9 Å². The summed E-state index contributed by atoms with van der Waals surface area (Å²) in [5.74, 6) is -0.341. The second kappa shape index (κ2) is 4.02. The molecule has 2 aromatic rings. The SMILES string of the molecule is COc1ccc(C(=O)O)c2cc(Cl)ccc12. The number of ether oxygens (including phenoxy) is 1. The summed E-state index contributed by atoms with van der Waals surface area (Å²) in [5.41, 5.74) is 0.221. The average molecular weight is 237 g/mol. The Morgan fingerprint density at radius 3 is 2.62 bits per heavy atom. The minimum Gasteiger partial charge on any atom is -0.496 e. The van der Waals surface area contributed by atoms with Crippen LogP contribution in [0.25, 0.3) is 10.8 Å². The van der Waals surface area contributed by atoms with Gasteiger partial charge in [-0.05, 0) is 30.3 Å². The summed E-state index contributed by atoms with van der Waals surface area (Å²) < 4.78 is 5.17. The van der Waals surface area contributed by atoms with E-state index in [2.05, 4.69) is 0 Å². The van der Waals surface area contributed by atoms with Crippen molar-refractivity contribution in [2.45, 2.75) is 0 Å². The molecule has 0 aliphatic rings. The molecule has 1 N–H and O–H groups in total. The van der Waals surface area contributed by atoms with E-state index in [1.807, 2.05) is 0 Å². The van der Waals surface area contributed by atoms with Gasteiger partial charge >= 0.3 is 5.97 Å². The van der Waals surface area contributed by atoms with Crippen molar-refractivity contribution in [3.63, 3.8) is 0 Å². The van der Waals surface area contributed by atoms with Gasteiger partial charge in [-0.2, -0.15) is 0 Å². The van der Waals surface area contributed by atoms with E-state index < -0.39 is 5.97 Å². The molecule has 0 unspecified atom stereocenters. The van der Waals surface area contributed by atoms with Crippen LogP contribution in [0.15, 0.2) is 30.3 Å². The fourth-order valence-electron chi connectivity index (χ4n) is 1.66. The van der Waals surface area contributed by atoms with Crippen LogP contribution in [0.1, 0.15) is 10.4 Å². The first-order valence-electron chi connectivity index (χ1n) is 4.63. The van der Waals surface area contributed by atoms with Crippen molar-refractivity contribution < 1.29 is 14.6 Å². The van der Waals surface area contributed by atoms with Gasteiger partial charge in [0, 0.05) is 15.8 Å². The van der Waals surface area contributed by atoms with Crippen LogP contribution < -0.4 is 4.74 Å². The number of carboxylic acids is 1. The van der Waals surface area contributed by atoms with Crippen molar-refractivity contribution in [2.75, 3.05) is 7.11 Å². The zero-order valence-electron chi connectivity index (χ0n) is 8.53. The Balaban J connectivity index is 2.85. The molecule has 82 valence electrons. The number of hydrogen-bond donors (Lipinski definition) is 1. The lowest BCUT2D eigenvalue weighted by atomic mass is 10.0. The standard InChI is InChI=1S/C12H9ClO3/c1-16-11-5-4-9(12(14)15)10-6-7(13)2-3-8(10)11/h2-6H,1H3,(H,14,15). The van der Waals surface area contributed by atoms with Gasteiger partial charge in [0.05, 0.1) is 12.7 Å². The second-order valence-corrected chi connectivity index (χ2v) is 3.75. The normalized spacial score (nSPS) is 10.4. The fourth-order valence-corrected chi connectivity index (χ4v) is 1.83. The molecule has 0 bridgehead atoms. The maximum Gasteiger partial charge on any atom is 0.336 e.